The molecule has 2 atom stereocenters. The number of nitrogens with one attached hydrogen (secondary N) is 1. The number of ether oxygens (including phenoxy) is 1. The Morgan fingerprint density at radius 3 is 3.07 bits per heavy atom. The smallest absolute Gasteiger partial charge is 0.0621 e. The maximum atomic E-state index is 5.58. The van der Waals surface area contributed by atoms with Crippen LogP contribution in [0.3, 0.4) is 0 Å². The quantitative estimate of drug-likeness (QED) is 0.745. The van der Waals surface area contributed by atoms with E-state index in [0.717, 1.165) is 19.8 Å². The molecule has 3 nitrogen and oxygen atoms in total. The lowest BCUT2D eigenvalue weighted by molar-refractivity contribution is -0.00368. The molecule has 2 unspecified atom stereocenters. The van der Waals surface area contributed by atoms with Crippen molar-refractivity contribution in [1.82, 2.24) is 10.2 Å². The molecule has 2 rings (SSSR count). The van der Waals surface area contributed by atoms with Gasteiger partial charge in [0.15, 0.2) is 0 Å². The van der Waals surface area contributed by atoms with E-state index >= 15 is 0 Å². The monoisotopic (exact) mass is 212 g/mol. The average molecular weight is 212 g/mol. The number of piperazine rings is 1. The largest absolute Gasteiger partial charge is 0.380 e. The van der Waals surface area contributed by atoms with Gasteiger partial charge in [0.1, 0.15) is 0 Å². The lowest BCUT2D eigenvalue weighted by Gasteiger charge is -2.45. The van der Waals surface area contributed by atoms with Gasteiger partial charge in [0.2, 0.25) is 0 Å². The van der Waals surface area contributed by atoms with Gasteiger partial charge in [-0.25, -0.2) is 0 Å². The Balaban J connectivity index is 1.91. The van der Waals surface area contributed by atoms with Gasteiger partial charge in [-0.3, -0.25) is 4.90 Å². The molecular weight excluding hydrogens is 188 g/mol. The van der Waals surface area contributed by atoms with Crippen molar-refractivity contribution < 1.29 is 4.74 Å². The summed E-state index contributed by atoms with van der Waals surface area (Å²) in [7, 11) is 0. The van der Waals surface area contributed by atoms with Crippen LogP contribution in [0.25, 0.3) is 0 Å². The predicted molar refractivity (Wildman–Crippen MR) is 62.1 cm³/mol. The van der Waals surface area contributed by atoms with Crippen molar-refractivity contribution in [3.63, 3.8) is 0 Å². The van der Waals surface area contributed by atoms with Crippen molar-refractivity contribution in [1.29, 1.82) is 0 Å². The van der Waals surface area contributed by atoms with Crippen LogP contribution in [0.5, 0.6) is 0 Å². The molecule has 2 saturated heterocycles. The lowest BCUT2D eigenvalue weighted by atomic mass is 9.94. The zero-order chi connectivity index (χ0) is 10.7. The van der Waals surface area contributed by atoms with Gasteiger partial charge in [0, 0.05) is 37.8 Å². The first-order valence-electron chi connectivity index (χ1n) is 6.30. The van der Waals surface area contributed by atoms with Gasteiger partial charge in [-0.2, -0.15) is 0 Å². The first kappa shape index (κ1) is 11.4. The van der Waals surface area contributed by atoms with Gasteiger partial charge in [-0.1, -0.05) is 6.92 Å². The van der Waals surface area contributed by atoms with E-state index in [9.17, 15) is 0 Å². The van der Waals surface area contributed by atoms with E-state index < -0.39 is 0 Å². The van der Waals surface area contributed by atoms with Gasteiger partial charge in [0.25, 0.3) is 0 Å². The highest BCUT2D eigenvalue weighted by molar-refractivity contribution is 4.92. The summed E-state index contributed by atoms with van der Waals surface area (Å²) < 4.78 is 5.58. The fourth-order valence-electron chi connectivity index (χ4n) is 2.64. The van der Waals surface area contributed by atoms with Gasteiger partial charge < -0.3 is 10.1 Å². The standard InChI is InChI=1S/C12H24N2O/c1-3-12(2)10-14(7-6-13-12)11-5-4-8-15-9-11/h11,13H,3-10H2,1-2H3. The van der Waals surface area contributed by atoms with Crippen molar-refractivity contribution in [2.75, 3.05) is 32.8 Å². The van der Waals surface area contributed by atoms with Gasteiger partial charge in [-0.05, 0) is 26.2 Å². The number of rotatable bonds is 2. The molecule has 2 aliphatic heterocycles. The molecule has 88 valence electrons. The summed E-state index contributed by atoms with van der Waals surface area (Å²) in [5, 5.41) is 3.63. The molecule has 2 aliphatic rings. The molecule has 0 amide bonds. The van der Waals surface area contributed by atoms with Gasteiger partial charge in [0.05, 0.1) is 6.61 Å². The van der Waals surface area contributed by atoms with E-state index in [-0.39, 0.29) is 0 Å². The van der Waals surface area contributed by atoms with Crippen LogP contribution < -0.4 is 5.32 Å². The van der Waals surface area contributed by atoms with Crippen molar-refractivity contribution in [3.8, 4) is 0 Å². The summed E-state index contributed by atoms with van der Waals surface area (Å²) in [4.78, 5) is 2.62. The third-order valence-electron chi connectivity index (χ3n) is 3.94. The SMILES string of the molecule is CCC1(C)CN(C2CCCOC2)CCN1. The second kappa shape index (κ2) is 4.81. The van der Waals surface area contributed by atoms with Crippen LogP contribution >= 0.6 is 0 Å². The summed E-state index contributed by atoms with van der Waals surface area (Å²) in [5.74, 6) is 0. The van der Waals surface area contributed by atoms with Crippen LogP contribution in [-0.2, 0) is 4.74 Å². The molecule has 0 aliphatic carbocycles. The second-order valence-electron chi connectivity index (χ2n) is 5.18. The Morgan fingerprint density at radius 1 is 1.53 bits per heavy atom. The Hall–Kier alpha value is -0.120. The topological polar surface area (TPSA) is 24.5 Å². The van der Waals surface area contributed by atoms with E-state index in [1.54, 1.807) is 0 Å². The van der Waals surface area contributed by atoms with E-state index in [2.05, 4.69) is 24.1 Å². The van der Waals surface area contributed by atoms with E-state index in [1.165, 1.54) is 32.4 Å². The first-order chi connectivity index (χ1) is 7.23. The summed E-state index contributed by atoms with van der Waals surface area (Å²) in [6.45, 7) is 10.0. The number of hydrogen-bond donors (Lipinski definition) is 1. The minimum Gasteiger partial charge on any atom is -0.380 e. The van der Waals surface area contributed by atoms with Crippen LogP contribution in [0.2, 0.25) is 0 Å². The normalized spacial score (nSPS) is 39.2. The van der Waals surface area contributed by atoms with E-state index in [0.29, 0.717) is 11.6 Å². The Bertz CT molecular complexity index is 204. The van der Waals surface area contributed by atoms with Crippen LogP contribution in [0.4, 0.5) is 0 Å². The maximum absolute atomic E-state index is 5.58. The molecule has 0 aromatic rings. The van der Waals surface area contributed by atoms with Crippen molar-refractivity contribution >= 4 is 0 Å². The zero-order valence-corrected chi connectivity index (χ0v) is 10.1. The molecule has 0 radical (unpaired) electrons. The molecule has 2 heterocycles. The van der Waals surface area contributed by atoms with Crippen LogP contribution in [0.1, 0.15) is 33.1 Å². The highest BCUT2D eigenvalue weighted by Gasteiger charge is 2.32. The van der Waals surface area contributed by atoms with Crippen LogP contribution in [0.15, 0.2) is 0 Å². The minimum atomic E-state index is 0.315. The molecule has 0 bridgehead atoms. The maximum Gasteiger partial charge on any atom is 0.0621 e. The molecule has 2 fully saturated rings. The summed E-state index contributed by atoms with van der Waals surface area (Å²) in [5.41, 5.74) is 0.315. The zero-order valence-electron chi connectivity index (χ0n) is 10.1. The third kappa shape index (κ3) is 2.71. The fourth-order valence-corrected chi connectivity index (χ4v) is 2.64. The summed E-state index contributed by atoms with van der Waals surface area (Å²) in [6.07, 6.45) is 3.76. The van der Waals surface area contributed by atoms with E-state index in [1.807, 2.05) is 0 Å². The first-order valence-corrected chi connectivity index (χ1v) is 6.30. The molecule has 3 heteroatoms. The summed E-state index contributed by atoms with van der Waals surface area (Å²) >= 11 is 0. The Morgan fingerprint density at radius 2 is 2.40 bits per heavy atom. The highest BCUT2D eigenvalue weighted by Crippen LogP contribution is 2.20. The summed E-state index contributed by atoms with van der Waals surface area (Å²) in [6, 6.07) is 0.673. The average Bonchev–Trinajstić information content (AvgIpc) is 2.30. The predicted octanol–water partition coefficient (Wildman–Crippen LogP) is 1.24. The minimum absolute atomic E-state index is 0.315. The van der Waals surface area contributed by atoms with Gasteiger partial charge >= 0.3 is 0 Å². The third-order valence-corrected chi connectivity index (χ3v) is 3.94. The molecular formula is C12H24N2O. The molecule has 1 N–H and O–H groups in total. The van der Waals surface area contributed by atoms with Gasteiger partial charge in [-0.15, -0.1) is 0 Å². The highest BCUT2D eigenvalue weighted by atomic mass is 16.5. The fraction of sp³-hybridized carbons (Fsp3) is 1.00. The Labute approximate surface area is 93.2 Å². The molecule has 15 heavy (non-hydrogen) atoms. The molecule has 0 saturated carbocycles. The lowest BCUT2D eigenvalue weighted by Crippen LogP contribution is -2.61. The number of hydrogen-bond acceptors (Lipinski definition) is 3. The van der Waals surface area contributed by atoms with Crippen LogP contribution in [-0.4, -0.2) is 49.3 Å². The van der Waals surface area contributed by atoms with Crippen molar-refractivity contribution in [2.45, 2.75) is 44.7 Å². The molecule has 0 spiro atoms. The number of nitrogens with zero attached hydrogens (tertiary/aromatic N) is 1. The molecule has 0 aromatic carbocycles. The van der Waals surface area contributed by atoms with E-state index in [4.69, 9.17) is 4.74 Å². The van der Waals surface area contributed by atoms with Crippen molar-refractivity contribution in [3.05, 3.63) is 0 Å². The Kier molecular flexibility index (Phi) is 3.65. The van der Waals surface area contributed by atoms with Crippen LogP contribution in [0, 0.1) is 0 Å². The molecule has 0 aromatic heterocycles. The van der Waals surface area contributed by atoms with Crippen molar-refractivity contribution in [2.24, 2.45) is 0 Å². The second-order valence-corrected chi connectivity index (χ2v) is 5.18.